The van der Waals surface area contributed by atoms with Gasteiger partial charge < -0.3 is 20.1 Å². The van der Waals surface area contributed by atoms with Gasteiger partial charge in [0.05, 0.1) is 5.69 Å². The second kappa shape index (κ2) is 9.78. The van der Waals surface area contributed by atoms with Gasteiger partial charge in [-0.05, 0) is 53.3 Å². The van der Waals surface area contributed by atoms with Gasteiger partial charge in [0.2, 0.25) is 0 Å². The Morgan fingerprint density at radius 1 is 1.03 bits per heavy atom. The molecule has 2 heterocycles. The second-order valence-corrected chi connectivity index (χ2v) is 8.61. The second-order valence-electron chi connectivity index (χ2n) is 8.61. The average Bonchev–Trinajstić information content (AvgIpc) is 3.23. The number of aliphatic hydroxyl groups excluding tert-OH is 3. The Kier molecular flexibility index (Phi) is 6.87. The number of ether oxygens (including phenoxy) is 1. The minimum Gasteiger partial charge on any atom is -0.491 e. The first-order valence-corrected chi connectivity index (χ1v) is 10.8. The molecule has 1 aliphatic heterocycles. The smallest absolute Gasteiger partial charge is 0.120 e. The predicted octanol–water partition coefficient (Wildman–Crippen LogP) is 1.90. The van der Waals surface area contributed by atoms with Crippen molar-refractivity contribution in [1.29, 1.82) is 0 Å². The van der Waals surface area contributed by atoms with Gasteiger partial charge in [0.1, 0.15) is 18.5 Å². The summed E-state index contributed by atoms with van der Waals surface area (Å²) >= 11 is 0. The van der Waals surface area contributed by atoms with Crippen LogP contribution < -0.4 is 4.74 Å². The lowest BCUT2D eigenvalue weighted by Crippen LogP contribution is -2.46. The molecule has 0 saturated carbocycles. The number of hydrogen-bond donors (Lipinski definition) is 3. The molecule has 3 N–H and O–H groups in total. The van der Waals surface area contributed by atoms with Crippen molar-refractivity contribution >= 4 is 10.8 Å². The van der Waals surface area contributed by atoms with E-state index in [-0.39, 0.29) is 31.7 Å². The topological polar surface area (TPSA) is 91.0 Å². The van der Waals surface area contributed by atoms with E-state index < -0.39 is 6.10 Å². The fourth-order valence-electron chi connectivity index (χ4n) is 4.43. The van der Waals surface area contributed by atoms with Gasteiger partial charge in [0.25, 0.3) is 0 Å². The van der Waals surface area contributed by atoms with E-state index in [1.54, 1.807) is 4.68 Å². The maximum absolute atomic E-state index is 10.5. The number of hydrogen-bond acceptors (Lipinski definition) is 6. The van der Waals surface area contributed by atoms with Gasteiger partial charge in [-0.1, -0.05) is 18.2 Å². The molecular weight excluding hydrogens is 394 g/mol. The van der Waals surface area contributed by atoms with Crippen LogP contribution in [0.15, 0.2) is 48.7 Å². The van der Waals surface area contributed by atoms with Crippen LogP contribution in [-0.4, -0.2) is 75.6 Å². The Labute approximate surface area is 182 Å². The molecule has 2 aromatic carbocycles. The Morgan fingerprint density at radius 3 is 2.45 bits per heavy atom. The van der Waals surface area contributed by atoms with Crippen molar-refractivity contribution in [2.45, 2.75) is 12.5 Å². The number of benzene rings is 2. The zero-order valence-corrected chi connectivity index (χ0v) is 17.9. The molecular formula is C24H31N3O4. The summed E-state index contributed by atoms with van der Waals surface area (Å²) in [6.45, 7) is 2.33. The fraction of sp³-hybridized carbons (Fsp3) is 0.458. The highest BCUT2D eigenvalue weighted by atomic mass is 16.5. The van der Waals surface area contributed by atoms with E-state index in [4.69, 9.17) is 4.74 Å². The van der Waals surface area contributed by atoms with Crippen LogP contribution in [0.5, 0.6) is 5.75 Å². The number of aromatic nitrogens is 2. The van der Waals surface area contributed by atoms with Crippen LogP contribution in [0.3, 0.4) is 0 Å². The molecule has 7 heteroatoms. The third kappa shape index (κ3) is 5.43. The molecule has 7 nitrogen and oxygen atoms in total. The van der Waals surface area contributed by atoms with Gasteiger partial charge in [-0.15, -0.1) is 0 Å². The maximum atomic E-state index is 10.5. The van der Waals surface area contributed by atoms with Crippen LogP contribution >= 0.6 is 0 Å². The molecule has 1 fully saturated rings. The van der Waals surface area contributed by atoms with E-state index in [2.05, 4.69) is 28.2 Å². The van der Waals surface area contributed by atoms with E-state index >= 15 is 0 Å². The summed E-state index contributed by atoms with van der Waals surface area (Å²) in [5.74, 6) is 1.01. The first-order valence-electron chi connectivity index (χ1n) is 10.8. The van der Waals surface area contributed by atoms with Crippen LogP contribution in [-0.2, 0) is 7.05 Å². The molecule has 1 aromatic heterocycles. The summed E-state index contributed by atoms with van der Waals surface area (Å²) in [4.78, 5) is 2.11. The van der Waals surface area contributed by atoms with Crippen LogP contribution in [0.4, 0.5) is 0 Å². The molecule has 166 valence electrons. The van der Waals surface area contributed by atoms with Crippen LogP contribution in [0.2, 0.25) is 0 Å². The van der Waals surface area contributed by atoms with Gasteiger partial charge >= 0.3 is 0 Å². The quantitative estimate of drug-likeness (QED) is 0.511. The molecule has 3 aromatic rings. The molecule has 1 unspecified atom stereocenters. The molecule has 31 heavy (non-hydrogen) atoms. The van der Waals surface area contributed by atoms with Gasteiger partial charge in [-0.25, -0.2) is 0 Å². The zero-order valence-electron chi connectivity index (χ0n) is 17.9. The lowest BCUT2D eigenvalue weighted by molar-refractivity contribution is 0.0155. The number of fused-ring (bicyclic) bond motifs is 1. The monoisotopic (exact) mass is 425 g/mol. The number of likely N-dealkylation sites (tertiary alicyclic amines) is 1. The van der Waals surface area contributed by atoms with E-state index in [1.165, 1.54) is 0 Å². The van der Waals surface area contributed by atoms with Crippen molar-refractivity contribution in [3.05, 3.63) is 48.7 Å². The van der Waals surface area contributed by atoms with Crippen molar-refractivity contribution in [1.82, 2.24) is 14.7 Å². The van der Waals surface area contributed by atoms with Crippen molar-refractivity contribution in [2.24, 2.45) is 18.9 Å². The number of aliphatic hydroxyl groups is 3. The molecule has 1 saturated heterocycles. The standard InChI is InChI=1S/C24H31N3O4/c1-26-7-6-24(25-26)20-3-2-19-4-5-23(10-21(19)9-20)31-16-22(30)13-27-11-17(14-28)8-18(12-27)15-29/h2-7,9-10,17-18,22,28-30H,8,11-16H2,1H3/t17-,18+,22?. The highest BCUT2D eigenvalue weighted by Crippen LogP contribution is 2.27. The Bertz CT molecular complexity index is 993. The molecule has 4 rings (SSSR count). The zero-order chi connectivity index (χ0) is 21.8. The van der Waals surface area contributed by atoms with Crippen LogP contribution in [0.25, 0.3) is 22.0 Å². The lowest BCUT2D eigenvalue weighted by atomic mass is 9.90. The van der Waals surface area contributed by atoms with Crippen molar-refractivity contribution in [2.75, 3.05) is 39.5 Å². The fourth-order valence-corrected chi connectivity index (χ4v) is 4.43. The number of β-amino-alcohol motifs (C(OH)–C–C–N with tert-alkyl or cyclic N) is 1. The number of nitrogens with zero attached hydrogens (tertiary/aromatic N) is 3. The summed E-state index contributed by atoms with van der Waals surface area (Å²) in [5, 5.41) is 36.1. The minimum atomic E-state index is -0.646. The molecule has 3 atom stereocenters. The molecule has 0 aliphatic carbocycles. The third-order valence-corrected chi connectivity index (χ3v) is 5.95. The first-order chi connectivity index (χ1) is 15.0. The highest BCUT2D eigenvalue weighted by Gasteiger charge is 2.27. The lowest BCUT2D eigenvalue weighted by Gasteiger charge is -2.37. The van der Waals surface area contributed by atoms with Gasteiger partial charge in [-0.3, -0.25) is 9.58 Å². The number of aryl methyl sites for hydroxylation is 1. The first kappa shape index (κ1) is 21.8. The van der Waals surface area contributed by atoms with Crippen LogP contribution in [0.1, 0.15) is 6.42 Å². The van der Waals surface area contributed by atoms with Gasteiger partial charge in [-0.2, -0.15) is 5.10 Å². The maximum Gasteiger partial charge on any atom is 0.120 e. The average molecular weight is 426 g/mol. The summed E-state index contributed by atoms with van der Waals surface area (Å²) in [7, 11) is 1.90. The summed E-state index contributed by atoms with van der Waals surface area (Å²) in [6.07, 6.45) is 2.11. The van der Waals surface area contributed by atoms with Crippen molar-refractivity contribution in [3.63, 3.8) is 0 Å². The largest absolute Gasteiger partial charge is 0.491 e. The SMILES string of the molecule is Cn1ccc(-c2ccc3ccc(OCC(O)CN4C[C@H](CO)C[C@H](CO)C4)cc3c2)n1. The number of rotatable bonds is 8. The van der Waals surface area contributed by atoms with Crippen molar-refractivity contribution < 1.29 is 20.1 Å². The Morgan fingerprint density at radius 2 is 1.77 bits per heavy atom. The van der Waals surface area contributed by atoms with Crippen molar-refractivity contribution in [3.8, 4) is 17.0 Å². The third-order valence-electron chi connectivity index (χ3n) is 5.95. The summed E-state index contributed by atoms with van der Waals surface area (Å²) in [5.41, 5.74) is 1.97. The number of piperidine rings is 1. The highest BCUT2D eigenvalue weighted by molar-refractivity contribution is 5.87. The van der Waals surface area contributed by atoms with Crippen LogP contribution in [0, 0.1) is 11.8 Å². The van der Waals surface area contributed by atoms with E-state index in [0.717, 1.165) is 41.5 Å². The molecule has 0 amide bonds. The molecule has 0 radical (unpaired) electrons. The summed E-state index contributed by atoms with van der Waals surface area (Å²) < 4.78 is 7.66. The normalized spacial score (nSPS) is 20.8. The molecule has 0 spiro atoms. The predicted molar refractivity (Wildman–Crippen MR) is 120 cm³/mol. The van der Waals surface area contributed by atoms with Gasteiger partial charge in [0, 0.05) is 51.7 Å². The van der Waals surface area contributed by atoms with E-state index in [1.807, 2.05) is 37.5 Å². The molecule has 1 aliphatic rings. The van der Waals surface area contributed by atoms with E-state index in [9.17, 15) is 15.3 Å². The molecule has 0 bridgehead atoms. The Balaban J connectivity index is 1.38. The van der Waals surface area contributed by atoms with Gasteiger partial charge in [0.15, 0.2) is 0 Å². The Hall–Kier alpha value is -2.45. The van der Waals surface area contributed by atoms with E-state index in [0.29, 0.717) is 12.3 Å². The summed E-state index contributed by atoms with van der Waals surface area (Å²) in [6, 6.07) is 14.1. The minimum absolute atomic E-state index is 0.108.